The third-order valence-corrected chi connectivity index (χ3v) is 4.05. The lowest BCUT2D eigenvalue weighted by Gasteiger charge is -2.33. The number of piperidine rings is 1. The maximum absolute atomic E-state index is 12.4. The van der Waals surface area contributed by atoms with Crippen LogP contribution in [0.1, 0.15) is 30.4 Å². The Morgan fingerprint density at radius 2 is 2.21 bits per heavy atom. The number of benzene rings is 1. The summed E-state index contributed by atoms with van der Waals surface area (Å²) in [5, 5.41) is 0. The van der Waals surface area contributed by atoms with E-state index in [0.717, 1.165) is 38.0 Å². The van der Waals surface area contributed by atoms with Gasteiger partial charge in [0.2, 0.25) is 5.91 Å². The van der Waals surface area contributed by atoms with Crippen LogP contribution in [-0.2, 0) is 11.2 Å². The second-order valence-electron chi connectivity index (χ2n) is 5.53. The topological polar surface area (TPSA) is 46.3 Å². The number of carbonyl (C=O) groups excluding carboxylic acids is 1. The van der Waals surface area contributed by atoms with E-state index in [1.807, 2.05) is 17.0 Å². The van der Waals surface area contributed by atoms with Gasteiger partial charge in [-0.15, -0.1) is 0 Å². The van der Waals surface area contributed by atoms with Crippen molar-refractivity contribution in [1.82, 2.24) is 4.90 Å². The van der Waals surface area contributed by atoms with Gasteiger partial charge in [-0.2, -0.15) is 0 Å². The molecule has 3 heteroatoms. The van der Waals surface area contributed by atoms with Crippen molar-refractivity contribution < 1.29 is 4.79 Å². The van der Waals surface area contributed by atoms with Crippen molar-refractivity contribution in [2.45, 2.75) is 32.6 Å². The van der Waals surface area contributed by atoms with Crippen LogP contribution < -0.4 is 5.73 Å². The Kier molecular flexibility index (Phi) is 4.97. The van der Waals surface area contributed by atoms with E-state index in [1.54, 1.807) is 0 Å². The van der Waals surface area contributed by atoms with Crippen molar-refractivity contribution in [3.63, 3.8) is 0 Å². The van der Waals surface area contributed by atoms with Crippen LogP contribution in [0.5, 0.6) is 0 Å². The Balaban J connectivity index is 1.94. The standard InChI is InChI=1S/C16H24N2O/c1-13-5-2-3-7-15(13)11-16(19)18-10-4-6-14(12-18)8-9-17/h2-3,5,7,14H,4,6,8-12,17H2,1H3. The molecular formula is C16H24N2O. The van der Waals surface area contributed by atoms with Gasteiger partial charge in [0, 0.05) is 13.1 Å². The first-order chi connectivity index (χ1) is 9.20. The van der Waals surface area contributed by atoms with Crippen molar-refractivity contribution in [3.05, 3.63) is 35.4 Å². The summed E-state index contributed by atoms with van der Waals surface area (Å²) >= 11 is 0. The van der Waals surface area contributed by atoms with Gasteiger partial charge in [-0.1, -0.05) is 24.3 Å². The van der Waals surface area contributed by atoms with Crippen LogP contribution in [0.25, 0.3) is 0 Å². The van der Waals surface area contributed by atoms with E-state index < -0.39 is 0 Å². The van der Waals surface area contributed by atoms with Crippen LogP contribution in [0, 0.1) is 12.8 Å². The molecule has 1 fully saturated rings. The predicted molar refractivity (Wildman–Crippen MR) is 77.9 cm³/mol. The summed E-state index contributed by atoms with van der Waals surface area (Å²) in [4.78, 5) is 14.4. The molecule has 2 rings (SSSR count). The van der Waals surface area contributed by atoms with E-state index in [1.165, 1.54) is 12.0 Å². The normalized spacial score (nSPS) is 19.5. The van der Waals surface area contributed by atoms with E-state index >= 15 is 0 Å². The zero-order valence-electron chi connectivity index (χ0n) is 11.8. The molecule has 19 heavy (non-hydrogen) atoms. The number of hydrogen-bond acceptors (Lipinski definition) is 2. The number of nitrogens with two attached hydrogens (primary N) is 1. The summed E-state index contributed by atoms with van der Waals surface area (Å²) in [6.45, 7) is 4.59. The van der Waals surface area contributed by atoms with Crippen molar-refractivity contribution >= 4 is 5.91 Å². The number of rotatable bonds is 4. The number of aryl methyl sites for hydroxylation is 1. The molecule has 1 aliphatic rings. The average molecular weight is 260 g/mol. The van der Waals surface area contributed by atoms with Gasteiger partial charge in [0.1, 0.15) is 0 Å². The summed E-state index contributed by atoms with van der Waals surface area (Å²) < 4.78 is 0. The number of carbonyl (C=O) groups is 1. The molecule has 0 bridgehead atoms. The monoisotopic (exact) mass is 260 g/mol. The molecule has 1 aliphatic heterocycles. The molecule has 0 saturated carbocycles. The SMILES string of the molecule is Cc1ccccc1CC(=O)N1CCCC(CCN)C1. The Morgan fingerprint density at radius 1 is 1.42 bits per heavy atom. The van der Waals surface area contributed by atoms with Gasteiger partial charge in [-0.3, -0.25) is 4.79 Å². The Labute approximate surface area is 115 Å². The van der Waals surface area contributed by atoms with E-state index in [2.05, 4.69) is 19.1 Å². The summed E-state index contributed by atoms with van der Waals surface area (Å²) in [5.41, 5.74) is 7.97. The highest BCUT2D eigenvalue weighted by Gasteiger charge is 2.23. The number of amides is 1. The first-order valence-electron chi connectivity index (χ1n) is 7.23. The summed E-state index contributed by atoms with van der Waals surface area (Å²) in [6, 6.07) is 8.13. The van der Waals surface area contributed by atoms with Gasteiger partial charge in [0.05, 0.1) is 6.42 Å². The second-order valence-corrected chi connectivity index (χ2v) is 5.53. The summed E-state index contributed by atoms with van der Waals surface area (Å²) in [7, 11) is 0. The van der Waals surface area contributed by atoms with Gasteiger partial charge in [-0.05, 0) is 49.8 Å². The van der Waals surface area contributed by atoms with Crippen LogP contribution in [0.2, 0.25) is 0 Å². The zero-order chi connectivity index (χ0) is 13.7. The van der Waals surface area contributed by atoms with E-state index in [-0.39, 0.29) is 5.91 Å². The molecule has 0 radical (unpaired) electrons. The predicted octanol–water partition coefficient (Wildman–Crippen LogP) is 2.12. The molecule has 1 unspecified atom stereocenters. The van der Waals surface area contributed by atoms with Crippen molar-refractivity contribution in [1.29, 1.82) is 0 Å². The molecule has 2 N–H and O–H groups in total. The Hall–Kier alpha value is -1.35. The van der Waals surface area contributed by atoms with Gasteiger partial charge < -0.3 is 10.6 Å². The van der Waals surface area contributed by atoms with Crippen LogP contribution in [-0.4, -0.2) is 30.4 Å². The minimum atomic E-state index is 0.260. The molecule has 1 saturated heterocycles. The van der Waals surface area contributed by atoms with E-state index in [9.17, 15) is 4.79 Å². The van der Waals surface area contributed by atoms with Crippen molar-refractivity contribution in [2.75, 3.05) is 19.6 Å². The van der Waals surface area contributed by atoms with Gasteiger partial charge in [-0.25, -0.2) is 0 Å². The van der Waals surface area contributed by atoms with Crippen LogP contribution in [0.15, 0.2) is 24.3 Å². The minimum Gasteiger partial charge on any atom is -0.342 e. The van der Waals surface area contributed by atoms with E-state index in [0.29, 0.717) is 12.3 Å². The highest BCUT2D eigenvalue weighted by molar-refractivity contribution is 5.79. The lowest BCUT2D eigenvalue weighted by atomic mass is 9.94. The van der Waals surface area contributed by atoms with Crippen molar-refractivity contribution in [3.8, 4) is 0 Å². The Bertz CT molecular complexity index is 429. The highest BCUT2D eigenvalue weighted by Crippen LogP contribution is 2.20. The first-order valence-corrected chi connectivity index (χ1v) is 7.23. The molecule has 1 heterocycles. The average Bonchev–Trinajstić information content (AvgIpc) is 2.42. The fourth-order valence-electron chi connectivity index (χ4n) is 2.85. The molecular weight excluding hydrogens is 236 g/mol. The smallest absolute Gasteiger partial charge is 0.227 e. The lowest BCUT2D eigenvalue weighted by molar-refractivity contribution is -0.132. The maximum Gasteiger partial charge on any atom is 0.227 e. The fraction of sp³-hybridized carbons (Fsp3) is 0.562. The first kappa shape index (κ1) is 14.1. The quantitative estimate of drug-likeness (QED) is 0.901. The van der Waals surface area contributed by atoms with Crippen LogP contribution in [0.4, 0.5) is 0 Å². The molecule has 1 aromatic carbocycles. The van der Waals surface area contributed by atoms with E-state index in [4.69, 9.17) is 5.73 Å². The third-order valence-electron chi connectivity index (χ3n) is 4.05. The van der Waals surface area contributed by atoms with Crippen molar-refractivity contribution in [2.24, 2.45) is 11.7 Å². The zero-order valence-corrected chi connectivity index (χ0v) is 11.8. The second kappa shape index (κ2) is 6.71. The van der Waals surface area contributed by atoms with Gasteiger partial charge >= 0.3 is 0 Å². The summed E-state index contributed by atoms with van der Waals surface area (Å²) in [5.74, 6) is 0.857. The fourth-order valence-corrected chi connectivity index (χ4v) is 2.85. The molecule has 1 amide bonds. The van der Waals surface area contributed by atoms with Crippen LogP contribution >= 0.6 is 0 Å². The lowest BCUT2D eigenvalue weighted by Crippen LogP contribution is -2.41. The Morgan fingerprint density at radius 3 is 2.95 bits per heavy atom. The third kappa shape index (κ3) is 3.80. The molecule has 0 aliphatic carbocycles. The molecule has 3 nitrogen and oxygen atoms in total. The molecule has 1 atom stereocenters. The number of hydrogen-bond donors (Lipinski definition) is 1. The number of likely N-dealkylation sites (tertiary alicyclic amines) is 1. The van der Waals surface area contributed by atoms with Crippen LogP contribution in [0.3, 0.4) is 0 Å². The largest absolute Gasteiger partial charge is 0.342 e. The van der Waals surface area contributed by atoms with Gasteiger partial charge in [0.15, 0.2) is 0 Å². The molecule has 104 valence electrons. The molecule has 0 aromatic heterocycles. The maximum atomic E-state index is 12.4. The highest BCUT2D eigenvalue weighted by atomic mass is 16.2. The molecule has 0 spiro atoms. The van der Waals surface area contributed by atoms with Gasteiger partial charge in [0.25, 0.3) is 0 Å². The summed E-state index contributed by atoms with van der Waals surface area (Å²) in [6.07, 6.45) is 3.89. The molecule has 1 aromatic rings. The number of nitrogens with zero attached hydrogens (tertiary/aromatic N) is 1. The minimum absolute atomic E-state index is 0.260.